The molecule has 0 aromatic heterocycles. The first-order valence-corrected chi connectivity index (χ1v) is 5.28. The van der Waals surface area contributed by atoms with Crippen LogP contribution in [0.3, 0.4) is 0 Å². The number of carbonyl (C=O) groups excluding carboxylic acids is 1. The number of nitrogens with zero attached hydrogens (tertiary/aromatic N) is 1. The van der Waals surface area contributed by atoms with E-state index in [1.807, 2.05) is 30.3 Å². The van der Waals surface area contributed by atoms with Crippen molar-refractivity contribution in [1.82, 2.24) is 4.90 Å². The van der Waals surface area contributed by atoms with E-state index >= 15 is 0 Å². The summed E-state index contributed by atoms with van der Waals surface area (Å²) in [5, 5.41) is 8.78. The quantitative estimate of drug-likeness (QED) is 0.779. The van der Waals surface area contributed by atoms with Gasteiger partial charge in [0.05, 0.1) is 13.2 Å². The van der Waals surface area contributed by atoms with Gasteiger partial charge in [-0.2, -0.15) is 0 Å². The fourth-order valence-corrected chi connectivity index (χ4v) is 1.28. The molecule has 1 amide bonds. The molecule has 0 heterocycles. The van der Waals surface area contributed by atoms with Gasteiger partial charge in [-0.05, 0) is 5.56 Å². The van der Waals surface area contributed by atoms with Crippen LogP contribution in [0.5, 0.6) is 0 Å². The highest BCUT2D eigenvalue weighted by Crippen LogP contribution is 2.02. The van der Waals surface area contributed by atoms with Crippen LogP contribution in [0.25, 0.3) is 0 Å². The van der Waals surface area contributed by atoms with Gasteiger partial charge in [0.1, 0.15) is 6.61 Å². The molecule has 0 fully saturated rings. The Kier molecular flexibility index (Phi) is 5.62. The number of aliphatic hydroxyl groups is 1. The summed E-state index contributed by atoms with van der Waals surface area (Å²) >= 11 is 0. The highest BCUT2D eigenvalue weighted by molar-refractivity contribution is 5.68. The van der Waals surface area contributed by atoms with Gasteiger partial charge in [-0.15, -0.1) is 6.42 Å². The van der Waals surface area contributed by atoms with Gasteiger partial charge >= 0.3 is 6.09 Å². The largest absolute Gasteiger partial charge is 0.445 e. The lowest BCUT2D eigenvalue weighted by molar-refractivity contribution is 0.0935. The molecule has 0 unspecified atom stereocenters. The van der Waals surface area contributed by atoms with Gasteiger partial charge in [-0.25, -0.2) is 4.79 Å². The molecule has 0 bridgehead atoms. The van der Waals surface area contributed by atoms with E-state index in [0.29, 0.717) is 0 Å². The first-order chi connectivity index (χ1) is 8.27. The Balaban J connectivity index is 2.45. The number of terminal acetylenes is 1. The lowest BCUT2D eigenvalue weighted by Crippen LogP contribution is -2.34. The third kappa shape index (κ3) is 4.58. The molecule has 0 spiro atoms. The topological polar surface area (TPSA) is 49.8 Å². The Hall–Kier alpha value is -1.99. The summed E-state index contributed by atoms with van der Waals surface area (Å²) in [6.07, 6.45) is 4.61. The molecule has 4 nitrogen and oxygen atoms in total. The normalized spacial score (nSPS) is 9.41. The third-order valence-electron chi connectivity index (χ3n) is 2.12. The Morgan fingerprint density at radius 3 is 2.71 bits per heavy atom. The lowest BCUT2D eigenvalue weighted by atomic mass is 10.2. The smallest absolute Gasteiger partial charge is 0.410 e. The number of carbonyl (C=O) groups is 1. The number of aliphatic hydroxyl groups excluding tert-OH is 1. The zero-order valence-corrected chi connectivity index (χ0v) is 9.50. The van der Waals surface area contributed by atoms with E-state index in [9.17, 15) is 4.79 Å². The molecule has 1 aromatic rings. The van der Waals surface area contributed by atoms with Crippen LogP contribution in [0.4, 0.5) is 4.79 Å². The second-order valence-electron chi connectivity index (χ2n) is 3.39. The molecule has 0 radical (unpaired) electrons. The average Bonchev–Trinajstić information content (AvgIpc) is 2.37. The van der Waals surface area contributed by atoms with Gasteiger partial charge in [0.15, 0.2) is 0 Å². The summed E-state index contributed by atoms with van der Waals surface area (Å²) in [6.45, 7) is 0.375. The average molecular weight is 233 g/mol. The van der Waals surface area contributed by atoms with Crippen molar-refractivity contribution < 1.29 is 14.6 Å². The zero-order chi connectivity index (χ0) is 12.5. The van der Waals surface area contributed by atoms with E-state index in [1.165, 1.54) is 4.90 Å². The van der Waals surface area contributed by atoms with E-state index in [0.717, 1.165) is 5.56 Å². The molecule has 0 saturated heterocycles. The molecule has 0 atom stereocenters. The number of ether oxygens (including phenoxy) is 1. The van der Waals surface area contributed by atoms with Crippen LogP contribution in [0.2, 0.25) is 0 Å². The summed E-state index contributed by atoms with van der Waals surface area (Å²) in [5.41, 5.74) is 0.908. The zero-order valence-electron chi connectivity index (χ0n) is 9.50. The second-order valence-corrected chi connectivity index (χ2v) is 3.39. The van der Waals surface area contributed by atoms with Crippen LogP contribution in [0.15, 0.2) is 30.3 Å². The monoisotopic (exact) mass is 233 g/mol. The second kappa shape index (κ2) is 7.31. The van der Waals surface area contributed by atoms with Crippen molar-refractivity contribution in [2.45, 2.75) is 6.61 Å². The predicted molar refractivity (Wildman–Crippen MR) is 64.1 cm³/mol. The first kappa shape index (κ1) is 13.1. The highest BCUT2D eigenvalue weighted by atomic mass is 16.6. The summed E-state index contributed by atoms with van der Waals surface area (Å²) in [4.78, 5) is 12.9. The van der Waals surface area contributed by atoms with Crippen molar-refractivity contribution in [2.24, 2.45) is 0 Å². The maximum absolute atomic E-state index is 11.6. The fraction of sp³-hybridized carbons (Fsp3) is 0.308. The molecule has 0 aliphatic rings. The van der Waals surface area contributed by atoms with E-state index in [2.05, 4.69) is 5.92 Å². The standard InChI is InChI=1S/C13H15NO3/c1-2-8-14(9-10-15)13(16)17-11-12-6-4-3-5-7-12/h1,3-7,15H,8-11H2. The van der Waals surface area contributed by atoms with E-state index in [-0.39, 0.29) is 26.3 Å². The van der Waals surface area contributed by atoms with Crippen molar-refractivity contribution in [1.29, 1.82) is 0 Å². The molecule has 1 aromatic carbocycles. The number of benzene rings is 1. The minimum Gasteiger partial charge on any atom is -0.445 e. The Morgan fingerprint density at radius 2 is 2.12 bits per heavy atom. The van der Waals surface area contributed by atoms with Crippen molar-refractivity contribution in [3.8, 4) is 12.3 Å². The van der Waals surface area contributed by atoms with Gasteiger partial charge in [-0.1, -0.05) is 36.3 Å². The number of amides is 1. The van der Waals surface area contributed by atoms with Gasteiger partial charge in [0, 0.05) is 6.54 Å². The summed E-state index contributed by atoms with van der Waals surface area (Å²) in [7, 11) is 0. The molecule has 90 valence electrons. The minimum atomic E-state index is -0.513. The summed E-state index contributed by atoms with van der Waals surface area (Å²) in [5.74, 6) is 2.35. The molecule has 0 aliphatic heterocycles. The molecular weight excluding hydrogens is 218 g/mol. The van der Waals surface area contributed by atoms with Crippen molar-refractivity contribution in [3.05, 3.63) is 35.9 Å². The first-order valence-electron chi connectivity index (χ1n) is 5.28. The Morgan fingerprint density at radius 1 is 1.41 bits per heavy atom. The molecule has 1 rings (SSSR count). The van der Waals surface area contributed by atoms with Crippen LogP contribution in [-0.4, -0.2) is 35.8 Å². The highest BCUT2D eigenvalue weighted by Gasteiger charge is 2.12. The number of hydrogen-bond acceptors (Lipinski definition) is 3. The van der Waals surface area contributed by atoms with Crippen molar-refractivity contribution in [3.63, 3.8) is 0 Å². The minimum absolute atomic E-state index is 0.133. The van der Waals surface area contributed by atoms with E-state index < -0.39 is 6.09 Å². The molecule has 1 N–H and O–H groups in total. The molecule has 4 heteroatoms. The lowest BCUT2D eigenvalue weighted by Gasteiger charge is -2.18. The van der Waals surface area contributed by atoms with Crippen LogP contribution in [0, 0.1) is 12.3 Å². The van der Waals surface area contributed by atoms with Gasteiger partial charge in [0.25, 0.3) is 0 Å². The van der Waals surface area contributed by atoms with Gasteiger partial charge in [0.2, 0.25) is 0 Å². The molecule has 0 aliphatic carbocycles. The fourth-order valence-electron chi connectivity index (χ4n) is 1.28. The van der Waals surface area contributed by atoms with Crippen LogP contribution in [0.1, 0.15) is 5.56 Å². The van der Waals surface area contributed by atoms with Gasteiger partial charge in [-0.3, -0.25) is 4.90 Å². The Bertz CT molecular complexity index is 383. The number of hydrogen-bond donors (Lipinski definition) is 1. The summed E-state index contributed by atoms with van der Waals surface area (Å²) in [6, 6.07) is 9.36. The van der Waals surface area contributed by atoms with E-state index in [1.54, 1.807) is 0 Å². The maximum atomic E-state index is 11.6. The maximum Gasteiger partial charge on any atom is 0.410 e. The SMILES string of the molecule is C#CCN(CCO)C(=O)OCc1ccccc1. The van der Waals surface area contributed by atoms with Crippen LogP contribution < -0.4 is 0 Å². The number of rotatable bonds is 5. The molecule has 0 saturated carbocycles. The van der Waals surface area contributed by atoms with Crippen LogP contribution in [-0.2, 0) is 11.3 Å². The Labute approximate surface area is 101 Å². The van der Waals surface area contributed by atoms with Crippen molar-refractivity contribution in [2.75, 3.05) is 19.7 Å². The van der Waals surface area contributed by atoms with Gasteiger partial charge < -0.3 is 9.84 Å². The molecular formula is C13H15NO3. The predicted octanol–water partition coefficient (Wildman–Crippen LogP) is 1.25. The van der Waals surface area contributed by atoms with E-state index in [4.69, 9.17) is 16.3 Å². The van der Waals surface area contributed by atoms with Crippen LogP contribution >= 0.6 is 0 Å². The summed E-state index contributed by atoms with van der Waals surface area (Å²) < 4.78 is 5.08. The third-order valence-corrected chi connectivity index (χ3v) is 2.12. The molecule has 17 heavy (non-hydrogen) atoms. The van der Waals surface area contributed by atoms with Crippen molar-refractivity contribution >= 4 is 6.09 Å².